The van der Waals surface area contributed by atoms with E-state index in [-0.39, 0.29) is 5.91 Å². The molecule has 1 aliphatic rings. The molecular formula is C14H18N2O. The Bertz CT molecular complexity index is 400. The number of hydrogen-bond acceptors (Lipinski definition) is 2. The van der Waals surface area contributed by atoms with E-state index in [0.717, 1.165) is 18.5 Å². The third-order valence-electron chi connectivity index (χ3n) is 2.97. The molecule has 0 aliphatic carbocycles. The van der Waals surface area contributed by atoms with Gasteiger partial charge in [0.15, 0.2) is 0 Å². The van der Waals surface area contributed by atoms with Gasteiger partial charge in [-0.25, -0.2) is 0 Å². The summed E-state index contributed by atoms with van der Waals surface area (Å²) in [5.41, 5.74) is 7.00. The third kappa shape index (κ3) is 3.17. The van der Waals surface area contributed by atoms with E-state index in [0.29, 0.717) is 13.0 Å². The minimum absolute atomic E-state index is 0.0539. The van der Waals surface area contributed by atoms with Gasteiger partial charge in [-0.2, -0.15) is 0 Å². The van der Waals surface area contributed by atoms with Crippen molar-refractivity contribution in [2.24, 2.45) is 5.73 Å². The fraction of sp³-hybridized carbons (Fsp3) is 0.357. The van der Waals surface area contributed by atoms with E-state index in [2.05, 4.69) is 6.08 Å². The Morgan fingerprint density at radius 1 is 1.24 bits per heavy atom. The molecule has 0 aromatic heterocycles. The number of benzene rings is 1. The average molecular weight is 230 g/mol. The van der Waals surface area contributed by atoms with Gasteiger partial charge < -0.3 is 10.6 Å². The van der Waals surface area contributed by atoms with Gasteiger partial charge in [-0.05, 0) is 18.4 Å². The highest BCUT2D eigenvalue weighted by Crippen LogP contribution is 2.10. The summed E-state index contributed by atoms with van der Waals surface area (Å²) in [5, 5.41) is 0. The van der Waals surface area contributed by atoms with Crippen LogP contribution in [0.25, 0.3) is 0 Å². The summed E-state index contributed by atoms with van der Waals surface area (Å²) in [6.07, 6.45) is 5.65. The van der Waals surface area contributed by atoms with E-state index in [4.69, 9.17) is 5.73 Å². The van der Waals surface area contributed by atoms with E-state index in [9.17, 15) is 4.79 Å². The summed E-state index contributed by atoms with van der Waals surface area (Å²) in [6, 6.07) is 9.64. The molecular weight excluding hydrogens is 212 g/mol. The van der Waals surface area contributed by atoms with Crippen LogP contribution in [0.1, 0.15) is 18.4 Å². The fourth-order valence-corrected chi connectivity index (χ4v) is 2.00. The second kappa shape index (κ2) is 5.64. The van der Waals surface area contributed by atoms with Crippen molar-refractivity contribution in [3.8, 4) is 0 Å². The smallest absolute Gasteiger partial charge is 0.240 e. The average Bonchev–Trinajstić information content (AvgIpc) is 2.36. The lowest BCUT2D eigenvalue weighted by Gasteiger charge is -2.26. The van der Waals surface area contributed by atoms with Crippen LogP contribution in [0.5, 0.6) is 0 Å². The van der Waals surface area contributed by atoms with Crippen LogP contribution in [0.3, 0.4) is 0 Å². The molecule has 1 unspecified atom stereocenters. The molecule has 0 spiro atoms. The number of nitrogens with two attached hydrogens (primary N) is 1. The molecule has 0 fully saturated rings. The highest BCUT2D eigenvalue weighted by molar-refractivity contribution is 5.82. The van der Waals surface area contributed by atoms with Crippen LogP contribution in [-0.2, 0) is 11.3 Å². The normalized spacial score (nSPS) is 21.1. The highest BCUT2D eigenvalue weighted by Gasteiger charge is 2.20. The van der Waals surface area contributed by atoms with Gasteiger partial charge in [0.25, 0.3) is 0 Å². The second-order valence-corrected chi connectivity index (χ2v) is 4.35. The maximum atomic E-state index is 12.1. The monoisotopic (exact) mass is 230 g/mol. The van der Waals surface area contributed by atoms with Crippen molar-refractivity contribution in [2.45, 2.75) is 25.4 Å². The van der Waals surface area contributed by atoms with Gasteiger partial charge in [-0.3, -0.25) is 4.79 Å². The summed E-state index contributed by atoms with van der Waals surface area (Å²) < 4.78 is 0. The Morgan fingerprint density at radius 2 is 2.00 bits per heavy atom. The van der Waals surface area contributed by atoms with Gasteiger partial charge in [0.2, 0.25) is 5.91 Å². The summed E-state index contributed by atoms with van der Waals surface area (Å²) >= 11 is 0. The number of hydrogen-bond donors (Lipinski definition) is 1. The second-order valence-electron chi connectivity index (χ2n) is 4.35. The minimum Gasteiger partial charge on any atom is -0.337 e. The van der Waals surface area contributed by atoms with Crippen molar-refractivity contribution in [2.75, 3.05) is 6.54 Å². The number of rotatable bonds is 2. The molecule has 1 amide bonds. The first-order chi connectivity index (χ1) is 8.27. The van der Waals surface area contributed by atoms with E-state index in [1.54, 1.807) is 0 Å². The lowest BCUT2D eigenvalue weighted by atomic mass is 10.1. The van der Waals surface area contributed by atoms with Crippen LogP contribution in [0.4, 0.5) is 0 Å². The molecule has 2 N–H and O–H groups in total. The molecule has 1 aliphatic heterocycles. The van der Waals surface area contributed by atoms with Crippen LogP contribution >= 0.6 is 0 Å². The van der Waals surface area contributed by atoms with E-state index < -0.39 is 6.04 Å². The molecule has 90 valence electrons. The van der Waals surface area contributed by atoms with Crippen molar-refractivity contribution < 1.29 is 4.79 Å². The van der Waals surface area contributed by atoms with Crippen molar-refractivity contribution >= 4 is 5.91 Å². The first kappa shape index (κ1) is 11.9. The predicted octanol–water partition coefficient (Wildman–Crippen LogP) is 1.69. The first-order valence-corrected chi connectivity index (χ1v) is 6.00. The number of nitrogens with zero attached hydrogens (tertiary/aromatic N) is 1. The minimum atomic E-state index is -0.393. The maximum absolute atomic E-state index is 12.1. The zero-order valence-electron chi connectivity index (χ0n) is 9.88. The molecule has 0 saturated carbocycles. The third-order valence-corrected chi connectivity index (χ3v) is 2.97. The van der Waals surface area contributed by atoms with Gasteiger partial charge in [0, 0.05) is 13.1 Å². The molecule has 3 heteroatoms. The molecule has 2 rings (SSSR count). The SMILES string of the molecule is NC1CC=CCCN(Cc2ccccc2)C1=O. The van der Waals surface area contributed by atoms with Crippen molar-refractivity contribution in [3.63, 3.8) is 0 Å². The summed E-state index contributed by atoms with van der Waals surface area (Å²) in [7, 11) is 0. The predicted molar refractivity (Wildman–Crippen MR) is 68.2 cm³/mol. The Labute approximate surface area is 102 Å². The van der Waals surface area contributed by atoms with Crippen LogP contribution in [-0.4, -0.2) is 23.4 Å². The molecule has 1 aromatic carbocycles. The molecule has 0 bridgehead atoms. The summed E-state index contributed by atoms with van der Waals surface area (Å²) in [5.74, 6) is 0.0539. The van der Waals surface area contributed by atoms with E-state index in [1.165, 1.54) is 0 Å². The molecule has 0 saturated heterocycles. The molecule has 3 nitrogen and oxygen atoms in total. The number of carbonyl (C=O) groups is 1. The largest absolute Gasteiger partial charge is 0.337 e. The van der Waals surface area contributed by atoms with Crippen LogP contribution in [0, 0.1) is 0 Å². The number of carbonyl (C=O) groups excluding carboxylic acids is 1. The van der Waals surface area contributed by atoms with Crippen LogP contribution in [0.2, 0.25) is 0 Å². The topological polar surface area (TPSA) is 46.3 Å². The van der Waals surface area contributed by atoms with Crippen molar-refractivity contribution in [1.29, 1.82) is 0 Å². The quantitative estimate of drug-likeness (QED) is 0.786. The van der Waals surface area contributed by atoms with Crippen molar-refractivity contribution in [1.82, 2.24) is 4.90 Å². The van der Waals surface area contributed by atoms with E-state index in [1.807, 2.05) is 41.3 Å². The maximum Gasteiger partial charge on any atom is 0.240 e. The lowest BCUT2D eigenvalue weighted by Crippen LogP contribution is -2.44. The van der Waals surface area contributed by atoms with Crippen LogP contribution < -0.4 is 5.73 Å². The van der Waals surface area contributed by atoms with Gasteiger partial charge >= 0.3 is 0 Å². The van der Waals surface area contributed by atoms with E-state index >= 15 is 0 Å². The Hall–Kier alpha value is -1.61. The Morgan fingerprint density at radius 3 is 2.76 bits per heavy atom. The number of amides is 1. The van der Waals surface area contributed by atoms with Crippen LogP contribution in [0.15, 0.2) is 42.5 Å². The van der Waals surface area contributed by atoms with Gasteiger partial charge in [0.1, 0.15) is 0 Å². The van der Waals surface area contributed by atoms with Gasteiger partial charge in [-0.1, -0.05) is 42.5 Å². The van der Waals surface area contributed by atoms with Gasteiger partial charge in [-0.15, -0.1) is 0 Å². The lowest BCUT2D eigenvalue weighted by molar-refractivity contribution is -0.133. The van der Waals surface area contributed by atoms with Crippen molar-refractivity contribution in [3.05, 3.63) is 48.0 Å². The molecule has 1 aromatic rings. The molecule has 0 radical (unpaired) electrons. The van der Waals surface area contributed by atoms with Gasteiger partial charge in [0.05, 0.1) is 6.04 Å². The Kier molecular flexibility index (Phi) is 3.94. The first-order valence-electron chi connectivity index (χ1n) is 6.00. The molecule has 1 atom stereocenters. The zero-order chi connectivity index (χ0) is 12.1. The highest BCUT2D eigenvalue weighted by atomic mass is 16.2. The summed E-state index contributed by atoms with van der Waals surface area (Å²) in [6.45, 7) is 1.40. The molecule has 1 heterocycles. The zero-order valence-corrected chi connectivity index (χ0v) is 9.88. The molecule has 17 heavy (non-hydrogen) atoms. The summed E-state index contributed by atoms with van der Waals surface area (Å²) in [4.78, 5) is 13.9. The standard InChI is InChI=1S/C14H18N2O/c15-13-9-5-2-6-10-16(14(13)17)11-12-7-3-1-4-8-12/h1-5,7-8,13H,6,9-11,15H2. The fourth-order valence-electron chi connectivity index (χ4n) is 2.00. The Balaban J connectivity index is 2.08.